The summed E-state index contributed by atoms with van der Waals surface area (Å²) in [7, 11) is 0. The summed E-state index contributed by atoms with van der Waals surface area (Å²) in [5.74, 6) is 0.523. The number of anilines is 3. The number of pyridine rings is 2. The highest BCUT2D eigenvalue weighted by atomic mass is 16.1. The maximum absolute atomic E-state index is 12.6. The van der Waals surface area contributed by atoms with E-state index < -0.39 is 0 Å². The Bertz CT molecular complexity index is 1210. The second-order valence-electron chi connectivity index (χ2n) is 7.51. The Morgan fingerprint density at radius 2 is 1.87 bits per heavy atom. The first-order valence-electron chi connectivity index (χ1n) is 10.2. The molecule has 0 aliphatic carbocycles. The fraction of sp³-hybridized carbons (Fsp3) is 0.261. The van der Waals surface area contributed by atoms with Crippen molar-refractivity contribution in [1.29, 1.82) is 0 Å². The SMILES string of the molecule is CCCNc1ccc(Nc2nc(-c3ccnn3C(C)C)cc3cc[nH]c(=O)c23)cc1. The van der Waals surface area contributed by atoms with E-state index in [0.717, 1.165) is 41.1 Å². The number of nitrogens with zero attached hydrogens (tertiary/aromatic N) is 3. The van der Waals surface area contributed by atoms with Crippen molar-refractivity contribution in [3.8, 4) is 11.4 Å². The summed E-state index contributed by atoms with van der Waals surface area (Å²) in [6, 6.07) is 14.0. The average Bonchev–Trinajstić information content (AvgIpc) is 3.23. The first kappa shape index (κ1) is 19.7. The van der Waals surface area contributed by atoms with Crippen LogP contribution in [0.1, 0.15) is 33.2 Å². The van der Waals surface area contributed by atoms with E-state index in [1.165, 1.54) is 0 Å². The first-order valence-corrected chi connectivity index (χ1v) is 10.2. The summed E-state index contributed by atoms with van der Waals surface area (Å²) in [5.41, 5.74) is 3.43. The quantitative estimate of drug-likeness (QED) is 0.408. The highest BCUT2D eigenvalue weighted by molar-refractivity contribution is 5.95. The fourth-order valence-corrected chi connectivity index (χ4v) is 3.44. The summed E-state index contributed by atoms with van der Waals surface area (Å²) in [6.07, 6.45) is 4.50. The third-order valence-corrected chi connectivity index (χ3v) is 4.90. The molecule has 0 aliphatic rings. The van der Waals surface area contributed by atoms with Crippen LogP contribution in [0.5, 0.6) is 0 Å². The Kier molecular flexibility index (Phi) is 5.52. The highest BCUT2D eigenvalue weighted by Gasteiger charge is 2.15. The van der Waals surface area contributed by atoms with Crippen LogP contribution in [0.25, 0.3) is 22.2 Å². The van der Waals surface area contributed by atoms with Gasteiger partial charge < -0.3 is 15.6 Å². The molecular weight excluding hydrogens is 376 g/mol. The lowest BCUT2D eigenvalue weighted by Crippen LogP contribution is -2.10. The van der Waals surface area contributed by atoms with Crippen LogP contribution in [0.2, 0.25) is 0 Å². The van der Waals surface area contributed by atoms with Gasteiger partial charge in [-0.15, -0.1) is 0 Å². The topological polar surface area (TPSA) is 87.6 Å². The Balaban J connectivity index is 1.78. The van der Waals surface area contributed by atoms with Gasteiger partial charge in [0.25, 0.3) is 5.56 Å². The van der Waals surface area contributed by atoms with Gasteiger partial charge in [-0.25, -0.2) is 4.98 Å². The number of benzene rings is 1. The number of aromatic amines is 1. The maximum Gasteiger partial charge on any atom is 0.259 e. The molecule has 7 nitrogen and oxygen atoms in total. The lowest BCUT2D eigenvalue weighted by atomic mass is 10.1. The molecule has 30 heavy (non-hydrogen) atoms. The van der Waals surface area contributed by atoms with Gasteiger partial charge in [-0.05, 0) is 68.1 Å². The molecule has 7 heteroatoms. The van der Waals surface area contributed by atoms with Crippen LogP contribution >= 0.6 is 0 Å². The van der Waals surface area contributed by atoms with Crippen molar-refractivity contribution < 1.29 is 0 Å². The summed E-state index contributed by atoms with van der Waals surface area (Å²) in [5, 5.41) is 12.5. The zero-order valence-corrected chi connectivity index (χ0v) is 17.4. The summed E-state index contributed by atoms with van der Waals surface area (Å²) in [4.78, 5) is 20.1. The van der Waals surface area contributed by atoms with Crippen molar-refractivity contribution in [2.24, 2.45) is 0 Å². The van der Waals surface area contributed by atoms with Crippen molar-refractivity contribution in [3.05, 3.63) is 65.2 Å². The average molecular weight is 403 g/mol. The standard InChI is InChI=1S/C23H26N6O/c1-4-11-24-17-5-7-18(8-6-17)27-22-21-16(9-12-25-23(21)30)14-19(28-22)20-10-13-26-29(20)15(2)3/h5-10,12-15,24H,4,11H2,1-3H3,(H,25,30)(H,27,28). The molecule has 0 bridgehead atoms. The second kappa shape index (κ2) is 8.41. The molecule has 0 saturated carbocycles. The summed E-state index contributed by atoms with van der Waals surface area (Å²) >= 11 is 0. The van der Waals surface area contributed by atoms with E-state index >= 15 is 0 Å². The van der Waals surface area contributed by atoms with Crippen LogP contribution in [0, 0.1) is 0 Å². The van der Waals surface area contributed by atoms with E-state index in [1.807, 2.05) is 47.1 Å². The van der Waals surface area contributed by atoms with Gasteiger partial charge in [-0.1, -0.05) is 6.92 Å². The van der Waals surface area contributed by atoms with E-state index in [9.17, 15) is 4.79 Å². The van der Waals surface area contributed by atoms with Crippen LogP contribution in [-0.4, -0.2) is 26.3 Å². The number of fused-ring (bicyclic) bond motifs is 1. The van der Waals surface area contributed by atoms with Crippen LogP contribution in [0.4, 0.5) is 17.2 Å². The molecule has 3 N–H and O–H groups in total. The minimum atomic E-state index is -0.173. The number of nitrogens with one attached hydrogen (secondary N) is 3. The van der Waals surface area contributed by atoms with E-state index in [2.05, 4.69) is 41.5 Å². The second-order valence-corrected chi connectivity index (χ2v) is 7.51. The molecule has 1 aromatic carbocycles. The Morgan fingerprint density at radius 3 is 2.60 bits per heavy atom. The fourth-order valence-electron chi connectivity index (χ4n) is 3.44. The smallest absolute Gasteiger partial charge is 0.259 e. The number of hydrogen-bond acceptors (Lipinski definition) is 5. The van der Waals surface area contributed by atoms with Gasteiger partial charge in [0.2, 0.25) is 0 Å². The van der Waals surface area contributed by atoms with Gasteiger partial charge in [0.15, 0.2) is 0 Å². The van der Waals surface area contributed by atoms with Gasteiger partial charge >= 0.3 is 0 Å². The van der Waals surface area contributed by atoms with Gasteiger partial charge in [0.05, 0.1) is 16.8 Å². The summed E-state index contributed by atoms with van der Waals surface area (Å²) < 4.78 is 1.93. The lowest BCUT2D eigenvalue weighted by Gasteiger charge is -2.14. The molecule has 0 atom stereocenters. The normalized spacial score (nSPS) is 11.2. The highest BCUT2D eigenvalue weighted by Crippen LogP contribution is 2.29. The third-order valence-electron chi connectivity index (χ3n) is 4.90. The molecule has 3 aromatic heterocycles. The Morgan fingerprint density at radius 1 is 1.10 bits per heavy atom. The van der Waals surface area contributed by atoms with Crippen molar-refractivity contribution in [3.63, 3.8) is 0 Å². The zero-order chi connectivity index (χ0) is 21.1. The Hall–Kier alpha value is -3.61. The number of rotatable bonds is 7. The molecule has 0 unspecified atom stereocenters. The van der Waals surface area contributed by atoms with E-state index in [-0.39, 0.29) is 11.6 Å². The van der Waals surface area contributed by atoms with Gasteiger partial charge in [-0.3, -0.25) is 9.48 Å². The minimum absolute atomic E-state index is 0.173. The molecular formula is C23H26N6O. The van der Waals surface area contributed by atoms with Crippen molar-refractivity contribution in [2.45, 2.75) is 33.2 Å². The van der Waals surface area contributed by atoms with Crippen molar-refractivity contribution in [2.75, 3.05) is 17.2 Å². The number of hydrogen-bond donors (Lipinski definition) is 3. The zero-order valence-electron chi connectivity index (χ0n) is 17.4. The molecule has 4 aromatic rings. The van der Waals surface area contributed by atoms with Crippen LogP contribution < -0.4 is 16.2 Å². The third kappa shape index (κ3) is 3.91. The maximum atomic E-state index is 12.6. The van der Waals surface area contributed by atoms with E-state index in [4.69, 9.17) is 4.98 Å². The molecule has 0 spiro atoms. The lowest BCUT2D eigenvalue weighted by molar-refractivity contribution is 0.538. The molecule has 0 radical (unpaired) electrons. The minimum Gasteiger partial charge on any atom is -0.385 e. The number of H-pyrrole nitrogens is 1. The predicted molar refractivity (Wildman–Crippen MR) is 122 cm³/mol. The van der Waals surface area contributed by atoms with Crippen LogP contribution in [0.3, 0.4) is 0 Å². The molecule has 4 rings (SSSR count). The summed E-state index contributed by atoms with van der Waals surface area (Å²) in [6.45, 7) is 7.22. The van der Waals surface area contributed by atoms with E-state index in [0.29, 0.717) is 11.2 Å². The van der Waals surface area contributed by atoms with Gasteiger partial charge in [0.1, 0.15) is 5.82 Å². The number of aromatic nitrogens is 4. The monoisotopic (exact) mass is 402 g/mol. The molecule has 154 valence electrons. The molecule has 0 amide bonds. The first-order chi connectivity index (χ1) is 14.6. The van der Waals surface area contributed by atoms with E-state index in [1.54, 1.807) is 12.4 Å². The van der Waals surface area contributed by atoms with Gasteiger partial charge in [-0.2, -0.15) is 5.10 Å². The Labute approximate surface area is 175 Å². The molecule has 0 saturated heterocycles. The predicted octanol–water partition coefficient (Wildman–Crippen LogP) is 4.93. The molecule has 0 aliphatic heterocycles. The van der Waals surface area contributed by atoms with Crippen LogP contribution in [0.15, 0.2) is 59.7 Å². The van der Waals surface area contributed by atoms with Crippen molar-refractivity contribution >= 4 is 28.0 Å². The molecule has 3 heterocycles. The largest absolute Gasteiger partial charge is 0.385 e. The van der Waals surface area contributed by atoms with Crippen molar-refractivity contribution in [1.82, 2.24) is 19.7 Å². The van der Waals surface area contributed by atoms with Gasteiger partial charge in [0, 0.05) is 36.4 Å². The molecule has 0 fully saturated rings. The van der Waals surface area contributed by atoms with Crippen LogP contribution in [-0.2, 0) is 0 Å².